The molecule has 7 nitrogen and oxygen atoms in total. The number of hydrogen-bond donors (Lipinski definition) is 2. The van der Waals surface area contributed by atoms with Crippen LogP contribution in [-0.4, -0.2) is 56.9 Å². The third-order valence-corrected chi connectivity index (χ3v) is 6.66. The zero-order chi connectivity index (χ0) is 21.6. The van der Waals surface area contributed by atoms with E-state index in [-0.39, 0.29) is 24.2 Å². The Morgan fingerprint density at radius 2 is 1.93 bits per heavy atom. The molecular formula is C22H35N3O4S. The van der Waals surface area contributed by atoms with Gasteiger partial charge in [-0.15, -0.1) is 0 Å². The van der Waals surface area contributed by atoms with Crippen molar-refractivity contribution < 1.29 is 17.9 Å². The van der Waals surface area contributed by atoms with Crippen LogP contribution in [0.2, 0.25) is 0 Å². The Kier molecular flexibility index (Phi) is 7.99. The standard InChI is InChI=1S/C22H35N3O4S/c1-3-23-22(26)25-14-8-13-20(24-30(2,27)28)21(25)16-17-9-7-12-19(15-17)29-18-10-5-4-6-11-18/h7,9,12,15,18,20-21,24H,3-6,8,10-11,13-14,16H2,1-2H3,(H,23,26)/t20-,21-/m0/s1. The summed E-state index contributed by atoms with van der Waals surface area (Å²) in [7, 11) is -3.37. The van der Waals surface area contributed by atoms with Crippen LogP contribution in [-0.2, 0) is 16.4 Å². The Morgan fingerprint density at radius 3 is 2.63 bits per heavy atom. The molecule has 0 bridgehead atoms. The largest absolute Gasteiger partial charge is 0.490 e. The summed E-state index contributed by atoms with van der Waals surface area (Å²) in [4.78, 5) is 14.4. The molecule has 0 radical (unpaired) electrons. The van der Waals surface area contributed by atoms with E-state index in [1.54, 1.807) is 4.90 Å². The molecule has 2 fully saturated rings. The quantitative estimate of drug-likeness (QED) is 0.686. The van der Waals surface area contributed by atoms with Crippen molar-refractivity contribution in [3.63, 3.8) is 0 Å². The second kappa shape index (κ2) is 10.5. The summed E-state index contributed by atoms with van der Waals surface area (Å²) in [6, 6.07) is 7.33. The van der Waals surface area contributed by atoms with E-state index >= 15 is 0 Å². The Morgan fingerprint density at radius 1 is 1.17 bits per heavy atom. The van der Waals surface area contributed by atoms with Gasteiger partial charge in [-0.25, -0.2) is 17.9 Å². The first-order chi connectivity index (χ1) is 14.4. The van der Waals surface area contributed by atoms with Gasteiger partial charge in [0.2, 0.25) is 10.0 Å². The molecule has 0 aromatic heterocycles. The summed E-state index contributed by atoms with van der Waals surface area (Å²) in [6.45, 7) is 3.04. The minimum atomic E-state index is -3.37. The van der Waals surface area contributed by atoms with Crippen LogP contribution >= 0.6 is 0 Å². The van der Waals surface area contributed by atoms with Crippen LogP contribution in [0.15, 0.2) is 24.3 Å². The average Bonchev–Trinajstić information content (AvgIpc) is 2.69. The van der Waals surface area contributed by atoms with E-state index in [9.17, 15) is 13.2 Å². The van der Waals surface area contributed by atoms with Crippen molar-refractivity contribution in [1.82, 2.24) is 14.9 Å². The molecule has 1 aliphatic heterocycles. The van der Waals surface area contributed by atoms with Gasteiger partial charge in [0, 0.05) is 19.1 Å². The van der Waals surface area contributed by atoms with Gasteiger partial charge in [0.15, 0.2) is 0 Å². The van der Waals surface area contributed by atoms with Crippen LogP contribution in [0.3, 0.4) is 0 Å². The number of benzene rings is 1. The summed E-state index contributed by atoms with van der Waals surface area (Å²) in [5, 5.41) is 2.87. The zero-order valence-electron chi connectivity index (χ0n) is 18.1. The highest BCUT2D eigenvalue weighted by atomic mass is 32.2. The van der Waals surface area contributed by atoms with Gasteiger partial charge in [-0.2, -0.15) is 0 Å². The number of ether oxygens (including phenoxy) is 1. The lowest BCUT2D eigenvalue weighted by Gasteiger charge is -2.41. The van der Waals surface area contributed by atoms with Crippen LogP contribution in [0, 0.1) is 0 Å². The van der Waals surface area contributed by atoms with Crippen molar-refractivity contribution in [3.05, 3.63) is 29.8 Å². The first kappa shape index (κ1) is 22.9. The third kappa shape index (κ3) is 6.60. The van der Waals surface area contributed by atoms with Crippen molar-refractivity contribution in [2.75, 3.05) is 19.3 Å². The fourth-order valence-electron chi connectivity index (χ4n) is 4.59. The minimum Gasteiger partial charge on any atom is -0.490 e. The number of hydrogen-bond acceptors (Lipinski definition) is 4. The second-order valence-electron chi connectivity index (χ2n) is 8.46. The third-order valence-electron chi connectivity index (χ3n) is 5.93. The van der Waals surface area contributed by atoms with Crippen molar-refractivity contribution in [2.24, 2.45) is 0 Å². The predicted molar refractivity (Wildman–Crippen MR) is 118 cm³/mol. The van der Waals surface area contributed by atoms with Gasteiger partial charge in [-0.1, -0.05) is 18.6 Å². The van der Waals surface area contributed by atoms with Crippen molar-refractivity contribution in [1.29, 1.82) is 0 Å². The number of nitrogens with zero attached hydrogens (tertiary/aromatic N) is 1. The molecule has 30 heavy (non-hydrogen) atoms. The number of sulfonamides is 1. The smallest absolute Gasteiger partial charge is 0.317 e. The molecule has 2 atom stereocenters. The minimum absolute atomic E-state index is 0.142. The summed E-state index contributed by atoms with van der Waals surface area (Å²) in [6.07, 6.45) is 9.41. The maximum Gasteiger partial charge on any atom is 0.317 e. The van der Waals surface area contributed by atoms with Crippen molar-refractivity contribution >= 4 is 16.1 Å². The van der Waals surface area contributed by atoms with E-state index < -0.39 is 10.0 Å². The predicted octanol–water partition coefficient (Wildman–Crippen LogP) is 3.05. The normalized spacial score (nSPS) is 23.2. The van der Waals surface area contributed by atoms with E-state index in [0.717, 1.165) is 30.6 Å². The molecule has 1 aromatic rings. The summed E-state index contributed by atoms with van der Waals surface area (Å²) in [5.74, 6) is 0.854. The molecule has 1 saturated carbocycles. The first-order valence-electron chi connectivity index (χ1n) is 11.1. The second-order valence-corrected chi connectivity index (χ2v) is 10.2. The highest BCUT2D eigenvalue weighted by Gasteiger charge is 2.35. The van der Waals surface area contributed by atoms with Crippen molar-refractivity contribution in [3.8, 4) is 5.75 Å². The maximum absolute atomic E-state index is 12.7. The Balaban J connectivity index is 1.77. The monoisotopic (exact) mass is 437 g/mol. The molecule has 3 rings (SSSR count). The van der Waals surface area contributed by atoms with E-state index in [0.29, 0.717) is 25.9 Å². The summed E-state index contributed by atoms with van der Waals surface area (Å²) < 4.78 is 32.8. The number of amides is 2. The lowest BCUT2D eigenvalue weighted by Crippen LogP contribution is -2.59. The van der Waals surface area contributed by atoms with Crippen LogP contribution in [0.1, 0.15) is 57.4 Å². The summed E-state index contributed by atoms with van der Waals surface area (Å²) >= 11 is 0. The Labute approximate surface area is 180 Å². The maximum atomic E-state index is 12.7. The number of likely N-dealkylation sites (tertiary alicyclic amines) is 1. The molecule has 0 unspecified atom stereocenters. The fraction of sp³-hybridized carbons (Fsp3) is 0.682. The molecule has 2 N–H and O–H groups in total. The number of carbonyl (C=O) groups excluding carboxylic acids is 1. The number of nitrogens with one attached hydrogen (secondary N) is 2. The topological polar surface area (TPSA) is 87.7 Å². The number of piperidine rings is 1. The molecule has 0 spiro atoms. The molecule has 1 aromatic carbocycles. The highest BCUT2D eigenvalue weighted by Crippen LogP contribution is 2.26. The van der Waals surface area contributed by atoms with Gasteiger partial charge < -0.3 is 15.0 Å². The average molecular weight is 438 g/mol. The molecule has 1 heterocycles. The van der Waals surface area contributed by atoms with Crippen LogP contribution < -0.4 is 14.8 Å². The molecular weight excluding hydrogens is 402 g/mol. The van der Waals surface area contributed by atoms with Crippen LogP contribution in [0.4, 0.5) is 4.79 Å². The fourth-order valence-corrected chi connectivity index (χ4v) is 5.41. The first-order valence-corrected chi connectivity index (χ1v) is 13.0. The van der Waals surface area contributed by atoms with Gasteiger partial charge >= 0.3 is 6.03 Å². The van der Waals surface area contributed by atoms with Crippen molar-refractivity contribution in [2.45, 2.75) is 76.5 Å². The SMILES string of the molecule is CCNC(=O)N1CCC[C@H](NS(C)(=O)=O)[C@@H]1Cc1cccc(OC2CCCCC2)c1. The van der Waals surface area contributed by atoms with Gasteiger partial charge in [-0.3, -0.25) is 0 Å². The molecule has 2 amide bonds. The molecule has 1 aliphatic carbocycles. The Bertz CT molecular complexity index is 808. The van der Waals surface area contributed by atoms with Crippen LogP contribution in [0.5, 0.6) is 5.75 Å². The number of rotatable bonds is 7. The molecule has 168 valence electrons. The number of urea groups is 1. The lowest BCUT2D eigenvalue weighted by molar-refractivity contribution is 0.133. The van der Waals surface area contributed by atoms with E-state index in [1.807, 2.05) is 31.2 Å². The lowest BCUT2D eigenvalue weighted by atomic mass is 9.91. The Hall–Kier alpha value is -1.80. The number of carbonyl (C=O) groups is 1. The van der Waals surface area contributed by atoms with E-state index in [2.05, 4.69) is 10.0 Å². The molecule has 1 saturated heterocycles. The van der Waals surface area contributed by atoms with E-state index in [4.69, 9.17) is 4.74 Å². The van der Waals surface area contributed by atoms with Gasteiger partial charge in [-0.05, 0) is 69.6 Å². The van der Waals surface area contributed by atoms with E-state index in [1.165, 1.54) is 25.5 Å². The molecule has 2 aliphatic rings. The zero-order valence-corrected chi connectivity index (χ0v) is 18.9. The van der Waals surface area contributed by atoms with Gasteiger partial charge in [0.25, 0.3) is 0 Å². The highest BCUT2D eigenvalue weighted by molar-refractivity contribution is 7.88. The van der Waals surface area contributed by atoms with Gasteiger partial charge in [0.1, 0.15) is 5.75 Å². The summed E-state index contributed by atoms with van der Waals surface area (Å²) in [5.41, 5.74) is 1.05. The molecule has 8 heteroatoms. The van der Waals surface area contributed by atoms with Gasteiger partial charge in [0.05, 0.1) is 18.4 Å². The van der Waals surface area contributed by atoms with Crippen LogP contribution in [0.25, 0.3) is 0 Å².